The Morgan fingerprint density at radius 1 is 1.25 bits per heavy atom. The summed E-state index contributed by atoms with van der Waals surface area (Å²) in [7, 11) is 0. The zero-order valence-corrected chi connectivity index (χ0v) is 15.5. The fraction of sp³-hybridized carbons (Fsp3) is 0.286. The summed E-state index contributed by atoms with van der Waals surface area (Å²) in [5.41, 5.74) is 4.64. The lowest BCUT2D eigenvalue weighted by Crippen LogP contribution is -2.23. The average Bonchev–Trinajstić information content (AvgIpc) is 3.16. The Hall–Kier alpha value is -3.53. The van der Waals surface area contributed by atoms with Crippen LogP contribution in [-0.4, -0.2) is 21.0 Å². The summed E-state index contributed by atoms with van der Waals surface area (Å²) >= 11 is 0. The van der Waals surface area contributed by atoms with Gasteiger partial charge in [-0.3, -0.25) is 9.78 Å². The molecule has 0 radical (unpaired) electrons. The molecule has 0 bridgehead atoms. The van der Waals surface area contributed by atoms with E-state index in [9.17, 15) is 10.1 Å². The second-order valence-corrected chi connectivity index (χ2v) is 6.80. The molecule has 0 saturated carbocycles. The van der Waals surface area contributed by atoms with Gasteiger partial charge in [-0.1, -0.05) is 17.3 Å². The fourth-order valence-electron chi connectivity index (χ4n) is 3.42. The maximum absolute atomic E-state index is 12.5. The molecule has 1 aliphatic carbocycles. The summed E-state index contributed by atoms with van der Waals surface area (Å²) in [6, 6.07) is 11.4. The quantitative estimate of drug-likeness (QED) is 0.753. The van der Waals surface area contributed by atoms with E-state index in [1.807, 2.05) is 12.1 Å². The van der Waals surface area contributed by atoms with Gasteiger partial charge in [-0.05, 0) is 49.4 Å². The smallest absolute Gasteiger partial charge is 0.251 e. The van der Waals surface area contributed by atoms with Crippen LogP contribution in [0.5, 0.6) is 0 Å². The number of carbonyl (C=O) groups is 1. The first-order valence-electron chi connectivity index (χ1n) is 9.25. The standard InChI is InChI=1S/C21H19N5O2/c1-13-24-19(26-28-13)12-23-21(27)16-7-4-6-15(10-16)20-17(11-22)9-14-5-2-3-8-18(14)25-20/h4,6-7,9-10H,2-3,5,8,12H2,1H3,(H,23,27). The van der Waals surface area contributed by atoms with Crippen LogP contribution in [0.15, 0.2) is 34.9 Å². The number of benzene rings is 1. The minimum absolute atomic E-state index is 0.181. The number of pyridine rings is 1. The lowest BCUT2D eigenvalue weighted by atomic mass is 9.93. The molecule has 0 spiro atoms. The van der Waals surface area contributed by atoms with Crippen molar-refractivity contribution in [1.82, 2.24) is 20.4 Å². The van der Waals surface area contributed by atoms with E-state index in [0.717, 1.165) is 42.5 Å². The van der Waals surface area contributed by atoms with Gasteiger partial charge >= 0.3 is 0 Å². The molecular weight excluding hydrogens is 354 g/mol. The van der Waals surface area contributed by atoms with Crippen molar-refractivity contribution in [1.29, 1.82) is 5.26 Å². The lowest BCUT2D eigenvalue weighted by molar-refractivity contribution is 0.0949. The molecular formula is C21H19N5O2. The molecule has 1 amide bonds. The van der Waals surface area contributed by atoms with Gasteiger partial charge in [-0.25, -0.2) is 0 Å². The van der Waals surface area contributed by atoms with E-state index < -0.39 is 0 Å². The fourth-order valence-corrected chi connectivity index (χ4v) is 3.42. The van der Waals surface area contributed by atoms with E-state index in [4.69, 9.17) is 9.51 Å². The predicted octanol–water partition coefficient (Wildman–Crippen LogP) is 3.12. The van der Waals surface area contributed by atoms with Crippen molar-refractivity contribution in [2.24, 2.45) is 0 Å². The van der Waals surface area contributed by atoms with Crippen molar-refractivity contribution < 1.29 is 9.32 Å². The SMILES string of the molecule is Cc1nc(CNC(=O)c2cccc(-c3nc4c(cc3C#N)CCCC4)c2)no1. The molecule has 28 heavy (non-hydrogen) atoms. The number of amides is 1. The number of hydrogen-bond donors (Lipinski definition) is 1. The number of rotatable bonds is 4. The van der Waals surface area contributed by atoms with Crippen LogP contribution in [0.1, 0.15) is 51.7 Å². The van der Waals surface area contributed by atoms with Crippen molar-refractivity contribution in [3.63, 3.8) is 0 Å². The summed E-state index contributed by atoms with van der Waals surface area (Å²) in [5.74, 6) is 0.625. The first kappa shape index (κ1) is 17.9. The Labute approximate surface area is 162 Å². The number of aromatic nitrogens is 3. The van der Waals surface area contributed by atoms with Gasteiger partial charge in [0.05, 0.1) is 17.8 Å². The zero-order valence-electron chi connectivity index (χ0n) is 15.5. The van der Waals surface area contributed by atoms with Gasteiger partial charge in [0.15, 0.2) is 5.82 Å². The molecule has 1 aliphatic rings. The van der Waals surface area contributed by atoms with E-state index in [0.29, 0.717) is 28.5 Å². The maximum atomic E-state index is 12.5. The summed E-state index contributed by atoms with van der Waals surface area (Å²) in [6.45, 7) is 1.88. The molecule has 140 valence electrons. The van der Waals surface area contributed by atoms with Crippen molar-refractivity contribution in [3.05, 3.63) is 64.4 Å². The van der Waals surface area contributed by atoms with Gasteiger partial charge in [0.2, 0.25) is 5.89 Å². The van der Waals surface area contributed by atoms with Gasteiger partial charge in [0, 0.05) is 23.7 Å². The van der Waals surface area contributed by atoms with Gasteiger partial charge < -0.3 is 9.84 Å². The highest BCUT2D eigenvalue weighted by atomic mass is 16.5. The van der Waals surface area contributed by atoms with E-state index in [2.05, 4.69) is 21.5 Å². The van der Waals surface area contributed by atoms with E-state index in [-0.39, 0.29) is 12.5 Å². The Balaban J connectivity index is 1.60. The molecule has 4 rings (SSSR count). The normalized spacial score (nSPS) is 12.9. The average molecular weight is 373 g/mol. The van der Waals surface area contributed by atoms with E-state index >= 15 is 0 Å². The number of aryl methyl sites for hydroxylation is 3. The Morgan fingerprint density at radius 2 is 2.11 bits per heavy atom. The third kappa shape index (κ3) is 3.62. The van der Waals surface area contributed by atoms with Crippen LogP contribution in [0.25, 0.3) is 11.3 Å². The zero-order chi connectivity index (χ0) is 19.5. The molecule has 0 atom stereocenters. The van der Waals surface area contributed by atoms with Crippen LogP contribution in [0.2, 0.25) is 0 Å². The van der Waals surface area contributed by atoms with Gasteiger partial charge in [0.1, 0.15) is 6.07 Å². The largest absolute Gasteiger partial charge is 0.345 e. The first-order valence-corrected chi connectivity index (χ1v) is 9.25. The molecule has 0 unspecified atom stereocenters. The third-order valence-corrected chi connectivity index (χ3v) is 4.80. The number of nitrogens with zero attached hydrogens (tertiary/aromatic N) is 4. The Bertz CT molecular complexity index is 1080. The highest BCUT2D eigenvalue weighted by molar-refractivity contribution is 5.95. The number of nitrogens with one attached hydrogen (secondary N) is 1. The Morgan fingerprint density at radius 3 is 2.89 bits per heavy atom. The monoisotopic (exact) mass is 373 g/mol. The van der Waals surface area contributed by atoms with Gasteiger partial charge in [-0.15, -0.1) is 0 Å². The van der Waals surface area contributed by atoms with Crippen molar-refractivity contribution in [2.45, 2.75) is 39.2 Å². The predicted molar refractivity (Wildman–Crippen MR) is 101 cm³/mol. The van der Waals surface area contributed by atoms with E-state index in [1.165, 1.54) is 0 Å². The van der Waals surface area contributed by atoms with Crippen LogP contribution >= 0.6 is 0 Å². The molecule has 3 aromatic rings. The third-order valence-electron chi connectivity index (χ3n) is 4.80. The van der Waals surface area contributed by atoms with Crippen LogP contribution < -0.4 is 5.32 Å². The van der Waals surface area contributed by atoms with Crippen LogP contribution in [-0.2, 0) is 19.4 Å². The molecule has 7 heteroatoms. The van der Waals surface area contributed by atoms with Crippen molar-refractivity contribution in [3.8, 4) is 17.3 Å². The summed E-state index contributed by atoms with van der Waals surface area (Å²) in [5, 5.41) is 16.1. The summed E-state index contributed by atoms with van der Waals surface area (Å²) in [4.78, 5) is 21.3. The molecule has 2 aromatic heterocycles. The van der Waals surface area contributed by atoms with Crippen LogP contribution in [0.4, 0.5) is 0 Å². The van der Waals surface area contributed by atoms with Crippen LogP contribution in [0.3, 0.4) is 0 Å². The van der Waals surface area contributed by atoms with E-state index in [1.54, 1.807) is 25.1 Å². The van der Waals surface area contributed by atoms with Gasteiger partial charge in [-0.2, -0.15) is 10.2 Å². The molecule has 2 heterocycles. The molecule has 1 N–H and O–H groups in total. The molecule has 0 fully saturated rings. The second kappa shape index (κ2) is 7.61. The highest BCUT2D eigenvalue weighted by Gasteiger charge is 2.17. The minimum Gasteiger partial charge on any atom is -0.345 e. The second-order valence-electron chi connectivity index (χ2n) is 6.80. The lowest BCUT2D eigenvalue weighted by Gasteiger charge is -2.17. The summed E-state index contributed by atoms with van der Waals surface area (Å²) in [6.07, 6.45) is 4.14. The number of fused-ring (bicyclic) bond motifs is 1. The topological polar surface area (TPSA) is 105 Å². The minimum atomic E-state index is -0.249. The highest BCUT2D eigenvalue weighted by Crippen LogP contribution is 2.28. The number of nitriles is 1. The number of hydrogen-bond acceptors (Lipinski definition) is 6. The van der Waals surface area contributed by atoms with Gasteiger partial charge in [0.25, 0.3) is 5.91 Å². The van der Waals surface area contributed by atoms with Crippen molar-refractivity contribution in [2.75, 3.05) is 0 Å². The molecule has 1 aromatic carbocycles. The molecule has 0 aliphatic heterocycles. The molecule has 0 saturated heterocycles. The van der Waals surface area contributed by atoms with Crippen LogP contribution in [0, 0.1) is 18.3 Å². The Kier molecular flexibility index (Phi) is 4.85. The van der Waals surface area contributed by atoms with Crippen molar-refractivity contribution >= 4 is 5.91 Å². The maximum Gasteiger partial charge on any atom is 0.251 e. The number of carbonyl (C=O) groups excluding carboxylic acids is 1. The summed E-state index contributed by atoms with van der Waals surface area (Å²) < 4.78 is 4.90. The first-order chi connectivity index (χ1) is 13.6. The molecule has 7 nitrogen and oxygen atoms in total.